The first-order chi connectivity index (χ1) is 18.0. The zero-order chi connectivity index (χ0) is 27.4. The van der Waals surface area contributed by atoms with E-state index >= 15 is 0 Å². The van der Waals surface area contributed by atoms with E-state index < -0.39 is 0 Å². The van der Waals surface area contributed by atoms with Crippen LogP contribution in [-0.2, 0) is 11.3 Å². The average molecular weight is 515 g/mol. The Morgan fingerprint density at radius 2 is 1.53 bits per heavy atom. The van der Waals surface area contributed by atoms with E-state index in [1.165, 1.54) is 6.07 Å². The SMILES string of the molecule is CNC(=O)c1ccc(NC(=O)c2cc3cc(NC(=O)CC(C)(C)C)ccc3n2Cc2ccccc2F)cc1. The van der Waals surface area contributed by atoms with Gasteiger partial charge in [0.15, 0.2) is 0 Å². The van der Waals surface area contributed by atoms with Crippen LogP contribution in [-0.4, -0.2) is 29.3 Å². The first-order valence-corrected chi connectivity index (χ1v) is 12.3. The predicted octanol–water partition coefficient (Wildman–Crippen LogP) is 5.82. The number of aromatic nitrogens is 1. The molecule has 0 aliphatic rings. The van der Waals surface area contributed by atoms with Crippen LogP contribution >= 0.6 is 0 Å². The highest BCUT2D eigenvalue weighted by atomic mass is 19.1. The first kappa shape index (κ1) is 26.6. The van der Waals surface area contributed by atoms with Gasteiger partial charge in [-0.25, -0.2) is 4.39 Å². The maximum Gasteiger partial charge on any atom is 0.272 e. The number of hydrogen-bond donors (Lipinski definition) is 3. The highest BCUT2D eigenvalue weighted by Crippen LogP contribution is 2.27. The maximum atomic E-state index is 14.5. The summed E-state index contributed by atoms with van der Waals surface area (Å²) in [6.45, 7) is 6.13. The Kier molecular flexibility index (Phi) is 7.62. The van der Waals surface area contributed by atoms with Gasteiger partial charge in [-0.15, -0.1) is 0 Å². The predicted molar refractivity (Wildman–Crippen MR) is 148 cm³/mol. The summed E-state index contributed by atoms with van der Waals surface area (Å²) in [6, 6.07) is 20.1. The van der Waals surface area contributed by atoms with Crippen molar-refractivity contribution in [3.05, 3.63) is 95.4 Å². The quantitative estimate of drug-likeness (QED) is 0.290. The number of halogens is 1. The Labute approximate surface area is 221 Å². The third-order valence-corrected chi connectivity index (χ3v) is 6.03. The number of carbonyl (C=O) groups is 3. The van der Waals surface area contributed by atoms with Crippen LogP contribution in [0.1, 0.15) is 53.6 Å². The summed E-state index contributed by atoms with van der Waals surface area (Å²) in [5.74, 6) is -1.07. The molecule has 0 radical (unpaired) electrons. The van der Waals surface area contributed by atoms with Crippen molar-refractivity contribution in [3.8, 4) is 0 Å². The highest BCUT2D eigenvalue weighted by Gasteiger charge is 2.19. The van der Waals surface area contributed by atoms with Gasteiger partial charge in [-0.3, -0.25) is 14.4 Å². The Bertz CT molecular complexity index is 1500. The minimum atomic E-state index is -0.386. The zero-order valence-electron chi connectivity index (χ0n) is 21.9. The normalized spacial score (nSPS) is 11.3. The van der Waals surface area contributed by atoms with Gasteiger partial charge in [0, 0.05) is 46.9 Å². The maximum absolute atomic E-state index is 14.5. The van der Waals surface area contributed by atoms with Crippen LogP contribution in [0.25, 0.3) is 10.9 Å². The fourth-order valence-corrected chi connectivity index (χ4v) is 4.24. The average Bonchev–Trinajstić information content (AvgIpc) is 3.22. The molecule has 0 atom stereocenters. The molecule has 4 aromatic rings. The second kappa shape index (κ2) is 10.9. The molecule has 0 saturated carbocycles. The van der Waals surface area contributed by atoms with Crippen LogP contribution in [0.15, 0.2) is 72.8 Å². The summed E-state index contributed by atoms with van der Waals surface area (Å²) in [5.41, 5.74) is 2.95. The van der Waals surface area contributed by atoms with Crippen molar-refractivity contribution in [1.82, 2.24) is 9.88 Å². The highest BCUT2D eigenvalue weighted by molar-refractivity contribution is 6.07. The minimum absolute atomic E-state index is 0.0965. The largest absolute Gasteiger partial charge is 0.355 e. The van der Waals surface area contributed by atoms with Gasteiger partial charge in [-0.1, -0.05) is 39.0 Å². The number of benzene rings is 3. The van der Waals surface area contributed by atoms with Crippen LogP contribution in [0.2, 0.25) is 0 Å². The summed E-state index contributed by atoms with van der Waals surface area (Å²) >= 11 is 0. The van der Waals surface area contributed by atoms with Gasteiger partial charge in [0.05, 0.1) is 6.54 Å². The molecule has 1 heterocycles. The first-order valence-electron chi connectivity index (χ1n) is 12.3. The molecule has 0 aliphatic heterocycles. The number of fused-ring (bicyclic) bond motifs is 1. The number of nitrogens with one attached hydrogen (secondary N) is 3. The monoisotopic (exact) mass is 514 g/mol. The smallest absolute Gasteiger partial charge is 0.272 e. The Hall–Kier alpha value is -4.46. The summed E-state index contributed by atoms with van der Waals surface area (Å²) in [5, 5.41) is 9.08. The Balaban J connectivity index is 1.68. The fraction of sp³-hybridized carbons (Fsp3) is 0.233. The molecule has 3 aromatic carbocycles. The molecule has 0 bridgehead atoms. The van der Waals surface area contributed by atoms with Crippen molar-refractivity contribution in [2.45, 2.75) is 33.7 Å². The summed E-state index contributed by atoms with van der Waals surface area (Å²) in [6.07, 6.45) is 0.367. The van der Waals surface area contributed by atoms with Gasteiger partial charge in [0.1, 0.15) is 11.5 Å². The van der Waals surface area contributed by atoms with Gasteiger partial charge in [-0.05, 0) is 60.0 Å². The lowest BCUT2D eigenvalue weighted by atomic mass is 9.92. The number of carbonyl (C=O) groups excluding carboxylic acids is 3. The molecule has 38 heavy (non-hydrogen) atoms. The molecule has 8 heteroatoms. The molecule has 1 aromatic heterocycles. The van der Waals surface area contributed by atoms with E-state index in [0.717, 1.165) is 10.9 Å². The molecule has 0 fully saturated rings. The van der Waals surface area contributed by atoms with Crippen molar-refractivity contribution >= 4 is 40.0 Å². The Morgan fingerprint density at radius 3 is 2.18 bits per heavy atom. The van der Waals surface area contributed by atoms with Gasteiger partial charge in [0.2, 0.25) is 5.91 Å². The molecular formula is C30H31FN4O3. The van der Waals surface area contributed by atoms with E-state index in [1.54, 1.807) is 66.2 Å². The topological polar surface area (TPSA) is 92.2 Å². The van der Waals surface area contributed by atoms with Crippen LogP contribution < -0.4 is 16.0 Å². The van der Waals surface area contributed by atoms with Crippen molar-refractivity contribution in [2.75, 3.05) is 17.7 Å². The lowest BCUT2D eigenvalue weighted by molar-refractivity contribution is -0.117. The van der Waals surface area contributed by atoms with Gasteiger partial charge < -0.3 is 20.5 Å². The second-order valence-corrected chi connectivity index (χ2v) is 10.4. The molecule has 0 aliphatic carbocycles. The number of rotatable bonds is 7. The number of hydrogen-bond acceptors (Lipinski definition) is 3. The van der Waals surface area contributed by atoms with E-state index in [1.807, 2.05) is 32.9 Å². The van der Waals surface area contributed by atoms with Crippen molar-refractivity contribution in [1.29, 1.82) is 0 Å². The standard InChI is InChI=1S/C30H31FN4O3/c1-30(2,3)17-27(36)33-23-13-14-25-21(15-23)16-26(35(25)18-20-7-5-6-8-24(20)31)29(38)34-22-11-9-19(10-12-22)28(37)32-4/h5-16H,17-18H2,1-4H3,(H,32,37)(H,33,36)(H,34,38). The second-order valence-electron chi connectivity index (χ2n) is 10.4. The third kappa shape index (κ3) is 6.26. The number of anilines is 2. The lowest BCUT2D eigenvalue weighted by Crippen LogP contribution is -2.19. The van der Waals surface area contributed by atoms with E-state index in [9.17, 15) is 18.8 Å². The molecule has 0 unspecified atom stereocenters. The molecule has 7 nitrogen and oxygen atoms in total. The third-order valence-electron chi connectivity index (χ3n) is 6.03. The molecule has 0 saturated heterocycles. The van der Waals surface area contributed by atoms with E-state index in [4.69, 9.17) is 0 Å². The van der Waals surface area contributed by atoms with Gasteiger partial charge in [0.25, 0.3) is 11.8 Å². The molecule has 0 spiro atoms. The van der Waals surface area contributed by atoms with Crippen LogP contribution in [0.4, 0.5) is 15.8 Å². The van der Waals surface area contributed by atoms with Crippen molar-refractivity contribution in [2.24, 2.45) is 5.41 Å². The van der Waals surface area contributed by atoms with E-state index in [0.29, 0.717) is 34.6 Å². The molecule has 196 valence electrons. The minimum Gasteiger partial charge on any atom is -0.355 e. The van der Waals surface area contributed by atoms with Gasteiger partial charge in [-0.2, -0.15) is 0 Å². The molecular weight excluding hydrogens is 483 g/mol. The molecule has 4 rings (SSSR count). The Morgan fingerprint density at radius 1 is 0.842 bits per heavy atom. The number of nitrogens with zero attached hydrogens (tertiary/aromatic N) is 1. The lowest BCUT2D eigenvalue weighted by Gasteiger charge is -2.17. The summed E-state index contributed by atoms with van der Waals surface area (Å²) in [4.78, 5) is 37.7. The van der Waals surface area contributed by atoms with E-state index in [-0.39, 0.29) is 35.5 Å². The van der Waals surface area contributed by atoms with Crippen molar-refractivity contribution in [3.63, 3.8) is 0 Å². The molecule has 3 amide bonds. The van der Waals surface area contributed by atoms with Gasteiger partial charge >= 0.3 is 0 Å². The molecule has 3 N–H and O–H groups in total. The summed E-state index contributed by atoms with van der Waals surface area (Å²) in [7, 11) is 1.55. The van der Waals surface area contributed by atoms with E-state index in [2.05, 4.69) is 16.0 Å². The summed E-state index contributed by atoms with van der Waals surface area (Å²) < 4.78 is 16.3. The van der Waals surface area contributed by atoms with Crippen LogP contribution in [0.3, 0.4) is 0 Å². The van der Waals surface area contributed by atoms with Crippen LogP contribution in [0.5, 0.6) is 0 Å². The van der Waals surface area contributed by atoms with Crippen LogP contribution in [0, 0.1) is 11.2 Å². The zero-order valence-corrected chi connectivity index (χ0v) is 21.9. The van der Waals surface area contributed by atoms with Crippen molar-refractivity contribution < 1.29 is 18.8 Å². The fourth-order valence-electron chi connectivity index (χ4n) is 4.24. The number of amides is 3.